The van der Waals surface area contributed by atoms with Crippen molar-refractivity contribution in [3.63, 3.8) is 0 Å². The van der Waals surface area contributed by atoms with Crippen LogP contribution in [0.2, 0.25) is 15.1 Å². The molecule has 2 aromatic carbocycles. The molecule has 0 aromatic heterocycles. The van der Waals surface area contributed by atoms with Gasteiger partial charge < -0.3 is 9.64 Å². The lowest BCUT2D eigenvalue weighted by Gasteiger charge is -2.29. The van der Waals surface area contributed by atoms with Gasteiger partial charge in [-0.05, 0) is 42.5 Å². The second-order valence-electron chi connectivity index (χ2n) is 6.38. The molecule has 9 heteroatoms. The first-order valence-corrected chi connectivity index (χ1v) is 10.7. The van der Waals surface area contributed by atoms with Crippen LogP contribution in [0.25, 0.3) is 0 Å². The molecule has 0 aliphatic carbocycles. The molecule has 2 heterocycles. The Morgan fingerprint density at radius 1 is 0.862 bits per heavy atom. The van der Waals surface area contributed by atoms with Crippen LogP contribution in [0, 0.1) is 0 Å². The Balaban J connectivity index is 1.74. The molecule has 5 nitrogen and oxygen atoms in total. The summed E-state index contributed by atoms with van der Waals surface area (Å²) in [7, 11) is 0. The van der Waals surface area contributed by atoms with Gasteiger partial charge in [-0.15, -0.1) is 0 Å². The van der Waals surface area contributed by atoms with Crippen LogP contribution in [0.4, 0.5) is 5.69 Å². The summed E-state index contributed by atoms with van der Waals surface area (Å²) < 4.78 is 5.40. The van der Waals surface area contributed by atoms with Gasteiger partial charge in [-0.3, -0.25) is 9.59 Å². The number of imide groups is 1. The number of amides is 2. The lowest BCUT2D eigenvalue weighted by molar-refractivity contribution is -0.121. The van der Waals surface area contributed by atoms with Gasteiger partial charge in [0.1, 0.15) is 10.6 Å². The second-order valence-corrected chi connectivity index (χ2v) is 8.71. The largest absolute Gasteiger partial charge is 0.378 e. The molecule has 2 aromatic rings. The lowest BCUT2D eigenvalue weighted by atomic mass is 10.3. The molecule has 0 N–H and O–H groups in total. The van der Waals surface area contributed by atoms with E-state index in [9.17, 15) is 9.59 Å². The number of rotatable bonds is 4. The predicted molar refractivity (Wildman–Crippen MR) is 116 cm³/mol. The van der Waals surface area contributed by atoms with E-state index in [1.165, 1.54) is 17.8 Å². The first kappa shape index (κ1) is 20.6. The van der Waals surface area contributed by atoms with Crippen molar-refractivity contribution in [1.82, 2.24) is 4.90 Å². The van der Waals surface area contributed by atoms with Crippen LogP contribution in [0.15, 0.2) is 58.0 Å². The van der Waals surface area contributed by atoms with Gasteiger partial charge in [0, 0.05) is 23.0 Å². The number of anilines is 1. The van der Waals surface area contributed by atoms with Crippen molar-refractivity contribution in [2.24, 2.45) is 0 Å². The maximum atomic E-state index is 13.3. The summed E-state index contributed by atoms with van der Waals surface area (Å²) in [6, 6.07) is 11.8. The zero-order valence-corrected chi connectivity index (χ0v) is 18.1. The fourth-order valence-corrected chi connectivity index (χ4v) is 4.55. The number of halogens is 3. The minimum Gasteiger partial charge on any atom is -0.378 e. The van der Waals surface area contributed by atoms with E-state index in [4.69, 9.17) is 39.5 Å². The van der Waals surface area contributed by atoms with Crippen molar-refractivity contribution < 1.29 is 14.3 Å². The molecule has 29 heavy (non-hydrogen) atoms. The van der Waals surface area contributed by atoms with Crippen LogP contribution < -0.4 is 4.90 Å². The van der Waals surface area contributed by atoms with E-state index in [2.05, 4.69) is 0 Å². The quantitative estimate of drug-likeness (QED) is 0.599. The summed E-state index contributed by atoms with van der Waals surface area (Å²) in [6.45, 7) is 2.07. The monoisotopic (exact) mass is 468 g/mol. The van der Waals surface area contributed by atoms with Gasteiger partial charge in [0.25, 0.3) is 11.8 Å². The average Bonchev–Trinajstić information content (AvgIpc) is 2.96. The van der Waals surface area contributed by atoms with Gasteiger partial charge in [0.2, 0.25) is 0 Å². The Morgan fingerprint density at radius 3 is 2.21 bits per heavy atom. The zero-order chi connectivity index (χ0) is 20.5. The van der Waals surface area contributed by atoms with E-state index >= 15 is 0 Å². The van der Waals surface area contributed by atoms with Crippen LogP contribution in [-0.4, -0.2) is 43.0 Å². The van der Waals surface area contributed by atoms with Crippen molar-refractivity contribution in [3.8, 4) is 0 Å². The van der Waals surface area contributed by atoms with Crippen LogP contribution >= 0.6 is 46.6 Å². The molecule has 2 aliphatic rings. The van der Waals surface area contributed by atoms with Gasteiger partial charge in [-0.25, -0.2) is 4.90 Å². The van der Waals surface area contributed by atoms with Crippen molar-refractivity contribution in [2.45, 2.75) is 4.90 Å². The summed E-state index contributed by atoms with van der Waals surface area (Å²) in [4.78, 5) is 30.8. The van der Waals surface area contributed by atoms with E-state index in [0.717, 1.165) is 9.80 Å². The first-order valence-electron chi connectivity index (χ1n) is 8.80. The summed E-state index contributed by atoms with van der Waals surface area (Å²) in [6.07, 6.45) is 0. The summed E-state index contributed by atoms with van der Waals surface area (Å²) in [5, 5.41) is 1.23. The molecule has 0 unspecified atom stereocenters. The third-order valence-electron chi connectivity index (χ3n) is 4.54. The van der Waals surface area contributed by atoms with E-state index in [-0.39, 0.29) is 10.9 Å². The van der Waals surface area contributed by atoms with Crippen molar-refractivity contribution in [2.75, 3.05) is 31.2 Å². The molecule has 0 atom stereocenters. The van der Waals surface area contributed by atoms with Gasteiger partial charge in [-0.1, -0.05) is 46.6 Å². The standard InChI is InChI=1S/C20H15Cl3N2O3S/c21-12-1-4-14(5-2-12)29-18-17(24-7-9-28-10-8-24)19(26)25(20(18)27)13-3-6-15(22)16(23)11-13/h1-6,11H,7-10H2. The number of hydrogen-bond acceptors (Lipinski definition) is 5. The molecule has 1 fully saturated rings. The Kier molecular flexibility index (Phi) is 6.08. The summed E-state index contributed by atoms with van der Waals surface area (Å²) in [5.41, 5.74) is 0.760. The van der Waals surface area contributed by atoms with Crippen molar-refractivity contribution in [1.29, 1.82) is 0 Å². The molecule has 0 bridgehead atoms. The SMILES string of the molecule is O=C1C(Sc2ccc(Cl)cc2)=C(N2CCOCC2)C(=O)N1c1ccc(Cl)c(Cl)c1. The smallest absolute Gasteiger partial charge is 0.283 e. The van der Waals surface area contributed by atoms with Crippen LogP contribution in [0.1, 0.15) is 0 Å². The number of nitrogens with zero attached hydrogens (tertiary/aromatic N) is 2. The minimum atomic E-state index is -0.394. The lowest BCUT2D eigenvalue weighted by Crippen LogP contribution is -2.40. The average molecular weight is 470 g/mol. The normalized spacial score (nSPS) is 17.5. The summed E-state index contributed by atoms with van der Waals surface area (Å²) >= 11 is 19.3. The minimum absolute atomic E-state index is 0.275. The molecular formula is C20H15Cl3N2O3S. The Hall–Kier alpha value is -1.70. The number of ether oxygens (including phenoxy) is 1. The van der Waals surface area contributed by atoms with E-state index in [1.807, 2.05) is 17.0 Å². The predicted octanol–water partition coefficient (Wildman–Crippen LogP) is 4.86. The summed E-state index contributed by atoms with van der Waals surface area (Å²) in [5.74, 6) is -0.776. The highest BCUT2D eigenvalue weighted by atomic mass is 35.5. The molecule has 150 valence electrons. The fourth-order valence-electron chi connectivity index (χ4n) is 3.14. The molecule has 1 saturated heterocycles. The molecule has 0 radical (unpaired) electrons. The van der Waals surface area contributed by atoms with Crippen LogP contribution in [0.3, 0.4) is 0 Å². The number of thioether (sulfide) groups is 1. The van der Waals surface area contributed by atoms with Gasteiger partial charge in [-0.2, -0.15) is 0 Å². The van der Waals surface area contributed by atoms with Gasteiger partial charge in [0.15, 0.2) is 0 Å². The van der Waals surface area contributed by atoms with E-state index < -0.39 is 5.91 Å². The van der Waals surface area contributed by atoms with Crippen LogP contribution in [-0.2, 0) is 14.3 Å². The Labute approximate surface area is 187 Å². The first-order chi connectivity index (χ1) is 14.0. The molecule has 2 aliphatic heterocycles. The Bertz CT molecular complexity index is 1000. The highest BCUT2D eigenvalue weighted by Gasteiger charge is 2.42. The second kappa shape index (κ2) is 8.58. The zero-order valence-electron chi connectivity index (χ0n) is 15.0. The van der Waals surface area contributed by atoms with Crippen molar-refractivity contribution in [3.05, 3.63) is 68.1 Å². The van der Waals surface area contributed by atoms with Crippen LogP contribution in [0.5, 0.6) is 0 Å². The number of benzene rings is 2. The van der Waals surface area contributed by atoms with E-state index in [0.29, 0.717) is 52.6 Å². The topological polar surface area (TPSA) is 49.9 Å². The maximum Gasteiger partial charge on any atom is 0.283 e. The number of carbonyl (C=O) groups excluding carboxylic acids is 2. The fraction of sp³-hybridized carbons (Fsp3) is 0.200. The molecule has 0 saturated carbocycles. The Morgan fingerprint density at radius 2 is 1.55 bits per heavy atom. The highest BCUT2D eigenvalue weighted by Crippen LogP contribution is 2.40. The van der Waals surface area contributed by atoms with Crippen molar-refractivity contribution >= 4 is 64.1 Å². The number of morpholine rings is 1. The highest BCUT2D eigenvalue weighted by molar-refractivity contribution is 8.04. The number of carbonyl (C=O) groups is 2. The molecule has 0 spiro atoms. The molecule has 2 amide bonds. The van der Waals surface area contributed by atoms with Gasteiger partial charge >= 0.3 is 0 Å². The maximum absolute atomic E-state index is 13.3. The number of hydrogen-bond donors (Lipinski definition) is 0. The third kappa shape index (κ3) is 4.13. The van der Waals surface area contributed by atoms with Gasteiger partial charge in [0.05, 0.1) is 28.9 Å². The molecular weight excluding hydrogens is 455 g/mol. The van der Waals surface area contributed by atoms with E-state index in [1.54, 1.807) is 24.3 Å². The molecule has 4 rings (SSSR count). The third-order valence-corrected chi connectivity index (χ3v) is 6.61.